The molecule has 0 radical (unpaired) electrons. The second-order valence-electron chi connectivity index (χ2n) is 5.14. The van der Waals surface area contributed by atoms with Gasteiger partial charge in [0, 0.05) is 18.7 Å². The first-order valence-corrected chi connectivity index (χ1v) is 7.24. The third kappa shape index (κ3) is 2.72. The van der Waals surface area contributed by atoms with Crippen molar-refractivity contribution < 1.29 is 9.13 Å². The van der Waals surface area contributed by atoms with Crippen molar-refractivity contribution in [3.8, 4) is 5.75 Å². The number of nitrogens with two attached hydrogens (primary N) is 1. The van der Waals surface area contributed by atoms with Crippen molar-refractivity contribution in [1.29, 1.82) is 0 Å². The molecule has 110 valence electrons. The van der Waals surface area contributed by atoms with Gasteiger partial charge in [0.15, 0.2) is 0 Å². The quantitative estimate of drug-likeness (QED) is 0.942. The molecule has 0 aromatic heterocycles. The summed E-state index contributed by atoms with van der Waals surface area (Å²) in [6, 6.07) is 14.5. The van der Waals surface area contributed by atoms with E-state index in [9.17, 15) is 4.39 Å². The number of hydrogen-bond donors (Lipinski definition) is 1. The highest BCUT2D eigenvalue weighted by Gasteiger charge is 2.25. The topological polar surface area (TPSA) is 38.5 Å². The molecular formula is C17H19FN2O. The van der Waals surface area contributed by atoms with Gasteiger partial charge in [-0.1, -0.05) is 30.3 Å². The summed E-state index contributed by atoms with van der Waals surface area (Å²) in [7, 11) is 0. The van der Waals surface area contributed by atoms with Gasteiger partial charge in [0.1, 0.15) is 11.6 Å². The lowest BCUT2D eigenvalue weighted by molar-refractivity contribution is 0.322. The van der Waals surface area contributed by atoms with Crippen LogP contribution in [0.25, 0.3) is 0 Å². The number of benzene rings is 2. The zero-order valence-corrected chi connectivity index (χ0v) is 11.8. The minimum atomic E-state index is -0.212. The minimum absolute atomic E-state index is 0.186. The van der Waals surface area contributed by atoms with Gasteiger partial charge in [-0.25, -0.2) is 4.39 Å². The van der Waals surface area contributed by atoms with E-state index >= 15 is 0 Å². The summed E-state index contributed by atoms with van der Waals surface area (Å²) in [6.45, 7) is 1.82. The molecule has 0 amide bonds. The van der Waals surface area contributed by atoms with Crippen LogP contribution in [-0.4, -0.2) is 19.7 Å². The Balaban J connectivity index is 2.03. The Morgan fingerprint density at radius 2 is 1.90 bits per heavy atom. The predicted molar refractivity (Wildman–Crippen MR) is 82.1 cm³/mol. The Bertz CT molecular complexity index is 617. The van der Waals surface area contributed by atoms with Crippen molar-refractivity contribution in [2.45, 2.75) is 12.5 Å². The number of hydrogen-bond acceptors (Lipinski definition) is 3. The molecule has 1 aliphatic rings. The molecule has 21 heavy (non-hydrogen) atoms. The number of halogens is 1. The molecule has 1 aliphatic heterocycles. The molecule has 0 aliphatic carbocycles. The fourth-order valence-corrected chi connectivity index (χ4v) is 2.85. The van der Waals surface area contributed by atoms with Crippen molar-refractivity contribution in [2.24, 2.45) is 5.73 Å². The van der Waals surface area contributed by atoms with Crippen molar-refractivity contribution in [3.63, 3.8) is 0 Å². The van der Waals surface area contributed by atoms with Crippen molar-refractivity contribution in [3.05, 3.63) is 59.9 Å². The molecule has 1 atom stereocenters. The van der Waals surface area contributed by atoms with Gasteiger partial charge < -0.3 is 15.4 Å². The first-order chi connectivity index (χ1) is 10.3. The maximum Gasteiger partial charge on any atom is 0.142 e. The average Bonchev–Trinajstić information content (AvgIpc) is 2.73. The lowest BCUT2D eigenvalue weighted by Crippen LogP contribution is -2.34. The highest BCUT2D eigenvalue weighted by atomic mass is 19.1. The van der Waals surface area contributed by atoms with Crippen molar-refractivity contribution >= 4 is 5.69 Å². The van der Waals surface area contributed by atoms with Crippen LogP contribution in [0.1, 0.15) is 18.0 Å². The molecule has 3 rings (SSSR count). The second-order valence-corrected chi connectivity index (χ2v) is 5.14. The molecule has 0 bridgehead atoms. The molecule has 0 saturated heterocycles. The Morgan fingerprint density at radius 3 is 2.71 bits per heavy atom. The molecule has 4 heteroatoms. The van der Waals surface area contributed by atoms with E-state index in [1.54, 1.807) is 12.1 Å². The summed E-state index contributed by atoms with van der Waals surface area (Å²) in [5.41, 5.74) is 7.58. The number of rotatable bonds is 3. The molecular weight excluding hydrogens is 267 g/mol. The molecule has 2 aromatic rings. The van der Waals surface area contributed by atoms with Crippen LogP contribution in [0.15, 0.2) is 48.5 Å². The molecule has 2 N–H and O–H groups in total. The summed E-state index contributed by atoms with van der Waals surface area (Å²) in [5, 5.41) is 0. The van der Waals surface area contributed by atoms with Gasteiger partial charge >= 0.3 is 0 Å². The number of nitrogens with zero attached hydrogens (tertiary/aromatic N) is 1. The number of fused-ring (bicyclic) bond motifs is 1. The zero-order valence-electron chi connectivity index (χ0n) is 11.8. The van der Waals surface area contributed by atoms with E-state index in [0.717, 1.165) is 24.4 Å². The Labute approximate surface area is 124 Å². The Hall–Kier alpha value is -2.07. The maximum absolute atomic E-state index is 14.1. The van der Waals surface area contributed by atoms with Gasteiger partial charge in [-0.2, -0.15) is 0 Å². The summed E-state index contributed by atoms with van der Waals surface area (Å²) >= 11 is 0. The lowest BCUT2D eigenvalue weighted by Gasteiger charge is -2.32. The van der Waals surface area contributed by atoms with Gasteiger partial charge in [-0.15, -0.1) is 0 Å². The highest BCUT2D eigenvalue weighted by Crippen LogP contribution is 2.36. The average molecular weight is 286 g/mol. The molecule has 0 saturated carbocycles. The third-order valence-corrected chi connectivity index (χ3v) is 3.84. The first-order valence-electron chi connectivity index (χ1n) is 7.24. The van der Waals surface area contributed by atoms with Gasteiger partial charge in [0.2, 0.25) is 0 Å². The Kier molecular flexibility index (Phi) is 4.06. The summed E-state index contributed by atoms with van der Waals surface area (Å²) in [5.74, 6) is 0.625. The fourth-order valence-electron chi connectivity index (χ4n) is 2.85. The summed E-state index contributed by atoms with van der Waals surface area (Å²) < 4.78 is 19.9. The van der Waals surface area contributed by atoms with E-state index in [4.69, 9.17) is 10.5 Å². The van der Waals surface area contributed by atoms with E-state index in [2.05, 4.69) is 4.90 Å². The SMILES string of the molecule is NCC(c1ccccc1F)N1CCCOc2ccccc21. The summed E-state index contributed by atoms with van der Waals surface area (Å²) in [4.78, 5) is 2.15. The van der Waals surface area contributed by atoms with Crippen LogP contribution in [0.5, 0.6) is 5.75 Å². The van der Waals surface area contributed by atoms with E-state index in [-0.39, 0.29) is 11.9 Å². The molecule has 0 spiro atoms. The third-order valence-electron chi connectivity index (χ3n) is 3.84. The lowest BCUT2D eigenvalue weighted by atomic mass is 10.0. The molecule has 1 heterocycles. The van der Waals surface area contributed by atoms with Crippen LogP contribution >= 0.6 is 0 Å². The van der Waals surface area contributed by atoms with Gasteiger partial charge in [0.25, 0.3) is 0 Å². The fraction of sp³-hybridized carbons (Fsp3) is 0.294. The normalized spacial score (nSPS) is 15.8. The minimum Gasteiger partial charge on any atom is -0.491 e. The standard InChI is InChI=1S/C17H19FN2O/c18-14-7-2-1-6-13(14)16(12-19)20-10-5-11-21-17-9-4-3-8-15(17)20/h1-4,6-9,16H,5,10-12,19H2. The van der Waals surface area contributed by atoms with E-state index in [1.807, 2.05) is 30.3 Å². The maximum atomic E-state index is 14.1. The van der Waals surface area contributed by atoms with Crippen LogP contribution in [0.3, 0.4) is 0 Å². The smallest absolute Gasteiger partial charge is 0.142 e. The van der Waals surface area contributed by atoms with Crippen LogP contribution < -0.4 is 15.4 Å². The molecule has 3 nitrogen and oxygen atoms in total. The van der Waals surface area contributed by atoms with Gasteiger partial charge in [-0.05, 0) is 24.6 Å². The number of ether oxygens (including phenoxy) is 1. The van der Waals surface area contributed by atoms with Crippen LogP contribution in [0.4, 0.5) is 10.1 Å². The largest absolute Gasteiger partial charge is 0.491 e. The van der Waals surface area contributed by atoms with E-state index in [0.29, 0.717) is 18.7 Å². The first kappa shape index (κ1) is 13.9. The Morgan fingerprint density at radius 1 is 1.14 bits per heavy atom. The monoisotopic (exact) mass is 286 g/mol. The highest BCUT2D eigenvalue weighted by molar-refractivity contribution is 5.60. The van der Waals surface area contributed by atoms with E-state index in [1.165, 1.54) is 6.07 Å². The molecule has 0 fully saturated rings. The second kappa shape index (κ2) is 6.14. The predicted octanol–water partition coefficient (Wildman–Crippen LogP) is 3.11. The zero-order chi connectivity index (χ0) is 14.7. The van der Waals surface area contributed by atoms with E-state index < -0.39 is 0 Å². The van der Waals surface area contributed by atoms with Crippen molar-refractivity contribution in [1.82, 2.24) is 0 Å². The summed E-state index contributed by atoms with van der Waals surface area (Å²) in [6.07, 6.45) is 0.889. The van der Waals surface area contributed by atoms with Crippen LogP contribution in [0.2, 0.25) is 0 Å². The van der Waals surface area contributed by atoms with Gasteiger partial charge in [-0.3, -0.25) is 0 Å². The van der Waals surface area contributed by atoms with Crippen LogP contribution in [-0.2, 0) is 0 Å². The number of anilines is 1. The molecule has 1 unspecified atom stereocenters. The molecule has 2 aromatic carbocycles. The number of para-hydroxylation sites is 2. The van der Waals surface area contributed by atoms with Crippen molar-refractivity contribution in [2.75, 3.05) is 24.6 Å². The van der Waals surface area contributed by atoms with Gasteiger partial charge in [0.05, 0.1) is 18.3 Å². The van der Waals surface area contributed by atoms with Crippen LogP contribution in [0, 0.1) is 5.82 Å².